The summed E-state index contributed by atoms with van der Waals surface area (Å²) in [5.41, 5.74) is 3.28. The van der Waals surface area contributed by atoms with Crippen LogP contribution in [0.4, 0.5) is 0 Å². The third kappa shape index (κ3) is 4.93. The molecule has 1 N–H and O–H groups in total. The molecule has 0 aliphatic carbocycles. The van der Waals surface area contributed by atoms with Gasteiger partial charge in [-0.1, -0.05) is 24.3 Å². The quantitative estimate of drug-likeness (QED) is 0.847. The molecule has 0 spiro atoms. The van der Waals surface area contributed by atoms with Crippen LogP contribution in [0.3, 0.4) is 0 Å². The molecule has 1 atom stereocenters. The highest BCUT2D eigenvalue weighted by Gasteiger charge is 2.09. The molecule has 1 heterocycles. The Morgan fingerprint density at radius 1 is 1.24 bits per heavy atom. The maximum absolute atomic E-state index is 9.75. The van der Waals surface area contributed by atoms with Gasteiger partial charge in [0.1, 0.15) is 0 Å². The molecule has 4 nitrogen and oxygen atoms in total. The topological polar surface area (TPSA) is 45.6 Å². The predicted octanol–water partition coefficient (Wildman–Crippen LogP) is 2.19. The fourth-order valence-corrected chi connectivity index (χ4v) is 2.34. The van der Waals surface area contributed by atoms with Crippen molar-refractivity contribution in [3.8, 4) is 11.3 Å². The molecule has 1 unspecified atom stereocenters. The molecule has 0 radical (unpaired) electrons. The van der Waals surface area contributed by atoms with Crippen molar-refractivity contribution in [2.45, 2.75) is 12.6 Å². The number of nitrogens with zero attached hydrogens (tertiary/aromatic N) is 2. The van der Waals surface area contributed by atoms with Gasteiger partial charge in [0.05, 0.1) is 18.4 Å². The Morgan fingerprint density at radius 3 is 2.81 bits per heavy atom. The highest BCUT2D eigenvalue weighted by Crippen LogP contribution is 2.18. The molecule has 0 aliphatic heterocycles. The van der Waals surface area contributed by atoms with Gasteiger partial charge in [-0.3, -0.25) is 9.88 Å². The molecule has 0 fully saturated rings. The number of pyridine rings is 1. The standard InChI is InChI=1S/C17H22N2O2/c1-19(12-16(20)13-21-2)11-14-6-5-7-15(10-14)17-8-3-4-9-18-17/h3-10,16,20H,11-13H2,1-2H3. The average Bonchev–Trinajstić information content (AvgIpc) is 2.48. The molecule has 4 heteroatoms. The fraction of sp³-hybridized carbons (Fsp3) is 0.353. The summed E-state index contributed by atoms with van der Waals surface area (Å²) in [5, 5.41) is 9.75. The van der Waals surface area contributed by atoms with Gasteiger partial charge in [0.2, 0.25) is 0 Å². The van der Waals surface area contributed by atoms with E-state index in [1.807, 2.05) is 31.3 Å². The number of hydrogen-bond acceptors (Lipinski definition) is 4. The number of aliphatic hydroxyl groups is 1. The molecule has 112 valence electrons. The minimum Gasteiger partial charge on any atom is -0.389 e. The first-order valence-electron chi connectivity index (χ1n) is 7.05. The number of benzene rings is 1. The van der Waals surface area contributed by atoms with E-state index in [9.17, 15) is 5.11 Å². The Labute approximate surface area is 126 Å². The second-order valence-electron chi connectivity index (χ2n) is 5.22. The van der Waals surface area contributed by atoms with Gasteiger partial charge in [-0.2, -0.15) is 0 Å². The van der Waals surface area contributed by atoms with Crippen molar-refractivity contribution in [3.05, 3.63) is 54.2 Å². The summed E-state index contributed by atoms with van der Waals surface area (Å²) in [4.78, 5) is 6.46. The summed E-state index contributed by atoms with van der Waals surface area (Å²) in [5.74, 6) is 0. The van der Waals surface area contributed by atoms with Crippen molar-refractivity contribution in [1.29, 1.82) is 0 Å². The number of rotatable bonds is 7. The molecule has 2 aromatic rings. The van der Waals surface area contributed by atoms with Crippen LogP contribution in [0.2, 0.25) is 0 Å². The van der Waals surface area contributed by atoms with Gasteiger partial charge in [-0.25, -0.2) is 0 Å². The number of likely N-dealkylation sites (N-methyl/N-ethyl adjacent to an activating group) is 1. The number of hydrogen-bond donors (Lipinski definition) is 1. The van der Waals surface area contributed by atoms with Crippen molar-refractivity contribution >= 4 is 0 Å². The second kappa shape index (κ2) is 7.88. The van der Waals surface area contributed by atoms with E-state index in [0.717, 1.165) is 17.8 Å². The van der Waals surface area contributed by atoms with Gasteiger partial charge in [0.25, 0.3) is 0 Å². The number of aromatic nitrogens is 1. The van der Waals surface area contributed by atoms with Crippen LogP contribution in [0.1, 0.15) is 5.56 Å². The maximum Gasteiger partial charge on any atom is 0.0900 e. The van der Waals surface area contributed by atoms with Crippen LogP contribution in [0, 0.1) is 0 Å². The zero-order valence-corrected chi connectivity index (χ0v) is 12.6. The third-order valence-corrected chi connectivity index (χ3v) is 3.22. The van der Waals surface area contributed by atoms with Gasteiger partial charge in [0, 0.05) is 32.0 Å². The second-order valence-corrected chi connectivity index (χ2v) is 5.22. The molecular weight excluding hydrogens is 264 g/mol. The molecule has 1 aromatic heterocycles. The van der Waals surface area contributed by atoms with Gasteiger partial charge >= 0.3 is 0 Å². The van der Waals surface area contributed by atoms with Crippen molar-refractivity contribution in [1.82, 2.24) is 9.88 Å². The summed E-state index contributed by atoms with van der Waals surface area (Å²) in [6, 6.07) is 14.2. The monoisotopic (exact) mass is 286 g/mol. The molecular formula is C17H22N2O2. The van der Waals surface area contributed by atoms with Gasteiger partial charge in [-0.15, -0.1) is 0 Å². The molecule has 0 aliphatic rings. The highest BCUT2D eigenvalue weighted by atomic mass is 16.5. The molecule has 1 aromatic carbocycles. The first-order chi connectivity index (χ1) is 10.2. The smallest absolute Gasteiger partial charge is 0.0900 e. The van der Waals surface area contributed by atoms with Crippen LogP contribution in [0.15, 0.2) is 48.7 Å². The Hall–Kier alpha value is -1.75. The van der Waals surface area contributed by atoms with Crippen molar-refractivity contribution in [2.24, 2.45) is 0 Å². The first-order valence-corrected chi connectivity index (χ1v) is 7.05. The van der Waals surface area contributed by atoms with Crippen molar-refractivity contribution in [2.75, 3.05) is 27.3 Å². The van der Waals surface area contributed by atoms with Crippen molar-refractivity contribution < 1.29 is 9.84 Å². The van der Waals surface area contributed by atoms with E-state index in [1.54, 1.807) is 13.3 Å². The largest absolute Gasteiger partial charge is 0.389 e. The molecule has 0 saturated heterocycles. The summed E-state index contributed by atoms with van der Waals surface area (Å²) in [6.45, 7) is 1.72. The molecule has 21 heavy (non-hydrogen) atoms. The lowest BCUT2D eigenvalue weighted by atomic mass is 10.1. The van der Waals surface area contributed by atoms with E-state index in [-0.39, 0.29) is 0 Å². The van der Waals surface area contributed by atoms with Gasteiger partial charge in [0.15, 0.2) is 0 Å². The van der Waals surface area contributed by atoms with E-state index in [2.05, 4.69) is 28.1 Å². The summed E-state index contributed by atoms with van der Waals surface area (Å²) < 4.78 is 4.95. The van der Waals surface area contributed by atoms with E-state index in [1.165, 1.54) is 5.56 Å². The number of methoxy groups -OCH3 is 1. The highest BCUT2D eigenvalue weighted by molar-refractivity contribution is 5.59. The number of aliphatic hydroxyl groups excluding tert-OH is 1. The lowest BCUT2D eigenvalue weighted by molar-refractivity contribution is 0.0419. The minimum absolute atomic E-state index is 0.359. The van der Waals surface area contributed by atoms with Crippen molar-refractivity contribution in [3.63, 3.8) is 0 Å². The van der Waals surface area contributed by atoms with E-state index >= 15 is 0 Å². The molecule has 0 amide bonds. The summed E-state index contributed by atoms with van der Waals surface area (Å²) >= 11 is 0. The van der Waals surface area contributed by atoms with E-state index < -0.39 is 6.10 Å². The van der Waals surface area contributed by atoms with Crippen LogP contribution in [0.5, 0.6) is 0 Å². The zero-order chi connectivity index (χ0) is 15.1. The van der Waals surface area contributed by atoms with E-state index in [4.69, 9.17) is 4.74 Å². The molecule has 2 rings (SSSR count). The predicted molar refractivity (Wildman–Crippen MR) is 83.9 cm³/mol. The van der Waals surface area contributed by atoms with Gasteiger partial charge in [-0.05, 0) is 30.8 Å². The lowest BCUT2D eigenvalue weighted by Gasteiger charge is -2.20. The Morgan fingerprint density at radius 2 is 2.10 bits per heavy atom. The van der Waals surface area contributed by atoms with Crippen LogP contribution < -0.4 is 0 Å². The zero-order valence-electron chi connectivity index (χ0n) is 12.6. The third-order valence-electron chi connectivity index (χ3n) is 3.22. The Kier molecular flexibility index (Phi) is 5.87. The normalized spacial score (nSPS) is 12.6. The number of ether oxygens (including phenoxy) is 1. The van der Waals surface area contributed by atoms with Crippen LogP contribution in [-0.2, 0) is 11.3 Å². The first kappa shape index (κ1) is 15.6. The Bertz CT molecular complexity index is 545. The lowest BCUT2D eigenvalue weighted by Crippen LogP contribution is -2.31. The fourth-order valence-electron chi connectivity index (χ4n) is 2.34. The van der Waals surface area contributed by atoms with Crippen LogP contribution in [-0.4, -0.2) is 48.4 Å². The SMILES string of the molecule is COCC(O)CN(C)Cc1cccc(-c2ccccn2)c1. The maximum atomic E-state index is 9.75. The summed E-state index contributed by atoms with van der Waals surface area (Å²) in [7, 11) is 3.59. The summed E-state index contributed by atoms with van der Waals surface area (Å²) in [6.07, 6.45) is 1.34. The van der Waals surface area contributed by atoms with Gasteiger partial charge < -0.3 is 9.84 Å². The molecule has 0 bridgehead atoms. The Balaban J connectivity index is 2.01. The van der Waals surface area contributed by atoms with E-state index in [0.29, 0.717) is 13.2 Å². The average molecular weight is 286 g/mol. The van der Waals surface area contributed by atoms with Crippen LogP contribution >= 0.6 is 0 Å². The molecule has 0 saturated carbocycles. The van der Waals surface area contributed by atoms with Crippen LogP contribution in [0.25, 0.3) is 11.3 Å². The minimum atomic E-state index is -0.459.